The number of carbonyl (C=O) groups excluding carboxylic acids is 5. The molecule has 0 saturated carbocycles. The van der Waals surface area contributed by atoms with E-state index in [1.807, 2.05) is 19.2 Å². The molecular weight excluding hydrogens is 1310 g/mol. The Morgan fingerprint density at radius 1 is 0.667 bits per heavy atom. The Morgan fingerprint density at radius 2 is 1.20 bits per heavy atom. The molecule has 0 spiro atoms. The van der Waals surface area contributed by atoms with Gasteiger partial charge in [-0.25, -0.2) is 14.4 Å². The number of esters is 2. The number of alkyl carbamates (subject to hydrolysis) is 2. The van der Waals surface area contributed by atoms with Crippen LogP contribution < -0.4 is 10.6 Å². The van der Waals surface area contributed by atoms with Crippen LogP contribution in [0, 0.1) is 0 Å². The van der Waals surface area contributed by atoms with Crippen molar-refractivity contribution in [1.82, 2.24) is 10.6 Å². The van der Waals surface area contributed by atoms with Crippen LogP contribution in [0.3, 0.4) is 0 Å². The van der Waals surface area contributed by atoms with Gasteiger partial charge in [0.05, 0.1) is 19.6 Å². The summed E-state index contributed by atoms with van der Waals surface area (Å²) in [6.45, 7) is 11.5. The summed E-state index contributed by atoms with van der Waals surface area (Å²) >= 11 is 35.8. The van der Waals surface area contributed by atoms with E-state index in [2.05, 4.69) is 38.0 Å². The minimum atomic E-state index is -2.77. The van der Waals surface area contributed by atoms with Crippen LogP contribution in [0.2, 0.25) is 19.1 Å². The maximum absolute atomic E-state index is 14.7. The zero-order valence-corrected chi connectivity index (χ0v) is 58.7. The quantitative estimate of drug-likeness (QED) is 0.0138. The van der Waals surface area contributed by atoms with Crippen molar-refractivity contribution >= 4 is 108 Å². The number of ether oxygens (including phenoxy) is 11. The first kappa shape index (κ1) is 79.8. The number of nitrogens with one attached hydrogen (secondary N) is 2. The number of amides is 2. The maximum Gasteiger partial charge on any atom is 0.509 e. The number of hydrogen-bond donors (Lipinski definition) is 3. The number of carbonyl (C=O) groups is 5. The summed E-state index contributed by atoms with van der Waals surface area (Å²) in [7, 11) is -2.77. The van der Waals surface area contributed by atoms with Gasteiger partial charge in [-0.3, -0.25) is 9.59 Å². The predicted molar refractivity (Wildman–Crippen MR) is 348 cm³/mol. The van der Waals surface area contributed by atoms with E-state index in [1.165, 1.54) is 57.4 Å². The molecule has 3 aliphatic heterocycles. The molecule has 90 heavy (non-hydrogen) atoms. The average Bonchev–Trinajstić information content (AvgIpc) is 0.787. The van der Waals surface area contributed by atoms with Gasteiger partial charge in [0.15, 0.2) is 39.4 Å². The van der Waals surface area contributed by atoms with Crippen LogP contribution >= 0.6 is 69.6 Å². The Kier molecular flexibility index (Phi) is 38.5. The molecule has 516 valence electrons. The molecule has 0 aliphatic carbocycles. The van der Waals surface area contributed by atoms with Gasteiger partial charge in [-0.05, 0) is 38.4 Å². The van der Waals surface area contributed by atoms with Crippen LogP contribution in [0.25, 0.3) is 0 Å². The molecule has 1 aromatic rings. The molecule has 0 bridgehead atoms. The van der Waals surface area contributed by atoms with Gasteiger partial charge in [0, 0.05) is 12.0 Å². The minimum Gasteiger partial charge on any atom is -0.462 e. The van der Waals surface area contributed by atoms with Crippen molar-refractivity contribution in [3.05, 3.63) is 48.6 Å². The number of alkyl halides is 6. The SMILES string of the molecule is C=CCOC(=O)O[C@H]1[C@H](O)[C@@H](CO[C@@H]2O[C@@H]3CO[C@@H](c4ccccc4)O[C@H]3[C@H](OC(=O)C[C@@H](CCCCCCCCCCC)OC(=O)CCCCCCCCCCC)[C@H]2NC(=O)OCC(Cl)(Cl)Cl)O[C@@H](O[Si](C)(C)CCCCCC)[C@@H]1NC(=O)OCC(Cl)(Cl)Cl. The Balaban J connectivity index is 1.72. The Hall–Kier alpha value is -2.61. The predicted octanol–water partition coefficient (Wildman–Crippen LogP) is 15.4. The van der Waals surface area contributed by atoms with Crippen LogP contribution in [0.4, 0.5) is 14.4 Å². The van der Waals surface area contributed by atoms with Crippen molar-refractivity contribution in [2.24, 2.45) is 0 Å². The second-order valence-electron chi connectivity index (χ2n) is 23.9. The summed E-state index contributed by atoms with van der Waals surface area (Å²) in [5, 5.41) is 17.5. The van der Waals surface area contributed by atoms with Gasteiger partial charge in [0.2, 0.25) is 7.59 Å². The molecule has 3 saturated heterocycles. The van der Waals surface area contributed by atoms with Crippen molar-refractivity contribution < 1.29 is 85.6 Å². The largest absolute Gasteiger partial charge is 0.509 e. The highest BCUT2D eigenvalue weighted by Gasteiger charge is 2.55. The van der Waals surface area contributed by atoms with Crippen molar-refractivity contribution in [2.75, 3.05) is 33.0 Å². The number of unbranched alkanes of at least 4 members (excludes halogenated alkanes) is 19. The summed E-state index contributed by atoms with van der Waals surface area (Å²) < 4.78 is 69.1. The number of aliphatic hydroxyl groups is 1. The fraction of sp³-hybridized carbons (Fsp3) is 0.794. The molecule has 3 heterocycles. The average molecular weight is 1410 g/mol. The molecular formula is C63H100Cl6N2O18Si. The highest BCUT2D eigenvalue weighted by atomic mass is 35.6. The number of rotatable bonds is 42. The monoisotopic (exact) mass is 1410 g/mol. The summed E-state index contributed by atoms with van der Waals surface area (Å²) in [4.78, 5) is 69.0. The van der Waals surface area contributed by atoms with Crippen molar-refractivity contribution in [3.8, 4) is 0 Å². The molecule has 0 unspecified atom stereocenters. The lowest BCUT2D eigenvalue weighted by molar-refractivity contribution is -0.350. The summed E-state index contributed by atoms with van der Waals surface area (Å²) in [6.07, 6.45) is 7.15. The van der Waals surface area contributed by atoms with Crippen molar-refractivity contribution in [1.29, 1.82) is 0 Å². The van der Waals surface area contributed by atoms with Gasteiger partial charge >= 0.3 is 30.3 Å². The van der Waals surface area contributed by atoms with Gasteiger partial charge < -0.3 is 72.3 Å². The number of halogens is 6. The molecule has 3 N–H and O–H groups in total. The Morgan fingerprint density at radius 3 is 1.76 bits per heavy atom. The third-order valence-electron chi connectivity index (χ3n) is 15.5. The fourth-order valence-corrected chi connectivity index (χ4v) is 13.2. The molecule has 4 rings (SSSR count). The fourth-order valence-electron chi connectivity index (χ4n) is 10.8. The van der Waals surface area contributed by atoms with E-state index in [1.54, 1.807) is 24.3 Å². The van der Waals surface area contributed by atoms with Crippen LogP contribution in [0.1, 0.15) is 193 Å². The number of fused-ring (bicyclic) bond motifs is 1. The van der Waals surface area contributed by atoms with E-state index in [4.69, 9.17) is 126 Å². The van der Waals surface area contributed by atoms with Crippen LogP contribution in [-0.2, 0) is 66.1 Å². The minimum absolute atomic E-state index is 0.152. The molecule has 3 aliphatic rings. The van der Waals surface area contributed by atoms with Crippen LogP contribution in [0.5, 0.6) is 0 Å². The first-order valence-electron chi connectivity index (χ1n) is 32.4. The van der Waals surface area contributed by atoms with Gasteiger partial charge in [-0.2, -0.15) is 0 Å². The Bertz CT molecular complexity index is 2220. The third kappa shape index (κ3) is 32.2. The topological polar surface area (TPSA) is 240 Å². The maximum atomic E-state index is 14.7. The molecule has 0 aromatic heterocycles. The van der Waals surface area contributed by atoms with E-state index in [0.29, 0.717) is 30.9 Å². The zero-order valence-electron chi connectivity index (χ0n) is 53.2. The summed E-state index contributed by atoms with van der Waals surface area (Å²) in [5.41, 5.74) is 0.620. The zero-order chi connectivity index (χ0) is 66.0. The second-order valence-corrected chi connectivity index (χ2v) is 33.2. The molecule has 20 nitrogen and oxygen atoms in total. The first-order chi connectivity index (χ1) is 43.0. The third-order valence-corrected chi connectivity index (χ3v) is 18.6. The van der Waals surface area contributed by atoms with E-state index >= 15 is 0 Å². The molecule has 1 aromatic carbocycles. The smallest absolute Gasteiger partial charge is 0.462 e. The van der Waals surface area contributed by atoms with Crippen LogP contribution in [0.15, 0.2) is 43.0 Å². The number of hydrogen-bond acceptors (Lipinski definition) is 18. The summed E-state index contributed by atoms with van der Waals surface area (Å²) in [6, 6.07) is 6.63. The standard InChI is InChI=1S/C63H100Cl6N2O18Si/c1-7-11-14-17-19-21-23-25-30-35-45(83-48(72)36-31-26-24-22-20-18-15-12-8-2)39-49(73)86-55-51(71-60(76)82-43-63(67,68)69)57(85-47-41-79-56(87-53(47)55)44-33-28-27-29-34-44)80-40-46-52(74)54(88-61(77)78-37-10-4)50(70-59(75)81-42-62(64,65)66)58(84-46)89-90(5,6)38-32-16-13-9-3/h10,27-29,33-34,45-47,50-58,74H,4,7-9,11-26,30-32,35-43H2,1-3,5-6H3,(H,70,75)(H,71,76)/t45-,46-,47-,50-,51-,52-,53-,54-,55-,56-,57-,58+/m1/s1. The van der Waals surface area contributed by atoms with Gasteiger partial charge in [-0.15, -0.1) is 0 Å². The number of benzene rings is 1. The number of aliphatic hydroxyl groups excluding tert-OH is 1. The lowest BCUT2D eigenvalue weighted by Gasteiger charge is -2.49. The van der Waals surface area contributed by atoms with Crippen molar-refractivity contribution in [3.63, 3.8) is 0 Å². The van der Waals surface area contributed by atoms with Gasteiger partial charge in [0.1, 0.15) is 62.4 Å². The highest BCUT2D eigenvalue weighted by molar-refractivity contribution is 6.71. The van der Waals surface area contributed by atoms with E-state index < -0.39 is 140 Å². The molecule has 3 fully saturated rings. The molecule has 2 amide bonds. The second kappa shape index (κ2) is 43.5. The Labute approximate surface area is 564 Å². The first-order valence-corrected chi connectivity index (χ1v) is 37.8. The molecule has 12 atom stereocenters. The molecule has 27 heteroatoms. The van der Waals surface area contributed by atoms with E-state index in [-0.39, 0.29) is 26.1 Å². The lowest BCUT2D eigenvalue weighted by Crippen LogP contribution is -2.69. The summed E-state index contributed by atoms with van der Waals surface area (Å²) in [5.74, 6) is -1.22. The van der Waals surface area contributed by atoms with E-state index in [9.17, 15) is 29.1 Å². The van der Waals surface area contributed by atoms with Crippen molar-refractivity contribution in [2.45, 2.75) is 282 Å². The molecule has 0 radical (unpaired) electrons. The normalized spacial score (nSPS) is 24.0. The van der Waals surface area contributed by atoms with Crippen LogP contribution in [-0.4, -0.2) is 152 Å². The highest BCUT2D eigenvalue weighted by Crippen LogP contribution is 2.38. The lowest BCUT2D eigenvalue weighted by atomic mass is 9.94. The van der Waals surface area contributed by atoms with Gasteiger partial charge in [0.25, 0.3) is 0 Å². The van der Waals surface area contributed by atoms with Gasteiger partial charge in [-0.1, -0.05) is 262 Å². The van der Waals surface area contributed by atoms with E-state index in [0.717, 1.165) is 77.0 Å².